The molecule has 0 bridgehead atoms. The highest BCUT2D eigenvalue weighted by atomic mass is 16.5. The molecule has 0 atom stereocenters. The number of hydrogen-bond acceptors (Lipinski definition) is 4. The van der Waals surface area contributed by atoms with E-state index in [0.717, 1.165) is 0 Å². The van der Waals surface area contributed by atoms with Gasteiger partial charge in [0.1, 0.15) is 18.2 Å². The topological polar surface area (TPSA) is 92.3 Å². The van der Waals surface area contributed by atoms with Crippen LogP contribution in [0.5, 0.6) is 5.75 Å². The van der Waals surface area contributed by atoms with Crippen LogP contribution in [-0.4, -0.2) is 27.7 Å². The highest BCUT2D eigenvalue weighted by Gasteiger charge is 2.12. The molecule has 0 unspecified atom stereocenters. The van der Waals surface area contributed by atoms with Crippen molar-refractivity contribution in [3.8, 4) is 17.1 Å². The van der Waals surface area contributed by atoms with Crippen molar-refractivity contribution < 1.29 is 14.6 Å². The maximum Gasteiger partial charge on any atom is 0.335 e. The normalized spacial score (nSPS) is 10.5. The first kappa shape index (κ1) is 15.5. The van der Waals surface area contributed by atoms with Gasteiger partial charge >= 0.3 is 5.97 Å². The molecule has 1 aromatic heterocycles. The number of H-pyrrole nitrogens is 1. The standard InChI is InChI=1S/C18H14N2O4/c1-2-9-24-15-6-4-3-5-12(15)16-19-14-8-7-11(18(22)23)10-13(14)17(21)20-16/h2-8,10H,1,9H2,(H,22,23)(H,19,20,21). The molecular formula is C18H14N2O4. The first-order chi connectivity index (χ1) is 11.6. The second-order valence-electron chi connectivity index (χ2n) is 5.05. The van der Waals surface area contributed by atoms with E-state index in [9.17, 15) is 9.59 Å². The zero-order chi connectivity index (χ0) is 17.1. The average Bonchev–Trinajstić information content (AvgIpc) is 2.59. The summed E-state index contributed by atoms with van der Waals surface area (Å²) in [5, 5.41) is 9.25. The Balaban J connectivity index is 2.15. The van der Waals surface area contributed by atoms with Crippen LogP contribution in [0.1, 0.15) is 10.4 Å². The molecular weight excluding hydrogens is 308 g/mol. The number of nitrogens with zero attached hydrogens (tertiary/aromatic N) is 1. The molecule has 1 heterocycles. The lowest BCUT2D eigenvalue weighted by Gasteiger charge is -2.10. The second-order valence-corrected chi connectivity index (χ2v) is 5.05. The molecule has 0 radical (unpaired) electrons. The number of hydrogen-bond donors (Lipinski definition) is 2. The molecule has 0 spiro atoms. The van der Waals surface area contributed by atoms with Crippen molar-refractivity contribution in [1.82, 2.24) is 9.97 Å². The van der Waals surface area contributed by atoms with Crippen molar-refractivity contribution in [3.63, 3.8) is 0 Å². The SMILES string of the molecule is C=CCOc1ccccc1-c1nc2ccc(C(=O)O)cc2c(=O)[nH]1. The fourth-order valence-corrected chi connectivity index (χ4v) is 2.34. The van der Waals surface area contributed by atoms with E-state index in [2.05, 4.69) is 16.5 Å². The minimum absolute atomic E-state index is 0.0391. The van der Waals surface area contributed by atoms with Gasteiger partial charge < -0.3 is 14.8 Å². The Labute approximate surface area is 137 Å². The van der Waals surface area contributed by atoms with Gasteiger partial charge in [0.25, 0.3) is 5.56 Å². The van der Waals surface area contributed by atoms with Crippen LogP contribution in [0.15, 0.2) is 59.9 Å². The summed E-state index contributed by atoms with van der Waals surface area (Å²) < 4.78 is 5.59. The van der Waals surface area contributed by atoms with E-state index >= 15 is 0 Å². The minimum atomic E-state index is -1.09. The average molecular weight is 322 g/mol. The fourth-order valence-electron chi connectivity index (χ4n) is 2.34. The molecule has 6 nitrogen and oxygen atoms in total. The summed E-state index contributed by atoms with van der Waals surface area (Å²) in [6.45, 7) is 3.94. The van der Waals surface area contributed by atoms with Crippen molar-refractivity contribution in [2.24, 2.45) is 0 Å². The van der Waals surface area contributed by atoms with Crippen molar-refractivity contribution in [3.05, 3.63) is 71.0 Å². The Morgan fingerprint density at radius 1 is 1.29 bits per heavy atom. The van der Waals surface area contributed by atoms with Crippen LogP contribution in [-0.2, 0) is 0 Å². The summed E-state index contributed by atoms with van der Waals surface area (Å²) in [6, 6.07) is 11.4. The third-order valence-corrected chi connectivity index (χ3v) is 3.45. The Bertz CT molecular complexity index is 992. The van der Waals surface area contributed by atoms with E-state index in [4.69, 9.17) is 9.84 Å². The molecule has 120 valence electrons. The van der Waals surface area contributed by atoms with Gasteiger partial charge in [-0.25, -0.2) is 9.78 Å². The van der Waals surface area contributed by atoms with Gasteiger partial charge in [0.15, 0.2) is 0 Å². The summed E-state index contributed by atoms with van der Waals surface area (Å²) >= 11 is 0. The van der Waals surface area contributed by atoms with Gasteiger partial charge in [-0.2, -0.15) is 0 Å². The van der Waals surface area contributed by atoms with E-state index in [0.29, 0.717) is 29.3 Å². The van der Waals surface area contributed by atoms with Gasteiger partial charge in [0.05, 0.1) is 22.0 Å². The molecule has 0 aliphatic rings. The number of nitrogens with one attached hydrogen (secondary N) is 1. The Morgan fingerprint density at radius 3 is 2.83 bits per heavy atom. The monoisotopic (exact) mass is 322 g/mol. The molecule has 2 aromatic carbocycles. The summed E-state index contributed by atoms with van der Waals surface area (Å²) in [7, 11) is 0. The lowest BCUT2D eigenvalue weighted by atomic mass is 10.1. The largest absolute Gasteiger partial charge is 0.489 e. The van der Waals surface area contributed by atoms with Crippen LogP contribution in [0.4, 0.5) is 0 Å². The summed E-state index contributed by atoms with van der Waals surface area (Å²) in [6.07, 6.45) is 1.63. The van der Waals surface area contributed by atoms with E-state index in [1.807, 2.05) is 12.1 Å². The number of aromatic nitrogens is 2. The third-order valence-electron chi connectivity index (χ3n) is 3.45. The number of rotatable bonds is 5. The molecule has 3 rings (SSSR count). The zero-order valence-corrected chi connectivity index (χ0v) is 12.7. The number of carboxylic acids is 1. The highest BCUT2D eigenvalue weighted by molar-refractivity contribution is 5.93. The Morgan fingerprint density at radius 2 is 2.08 bits per heavy atom. The van der Waals surface area contributed by atoms with Gasteiger partial charge in [0, 0.05) is 0 Å². The predicted molar refractivity (Wildman–Crippen MR) is 90.5 cm³/mol. The quantitative estimate of drug-likeness (QED) is 0.705. The van der Waals surface area contributed by atoms with Crippen LogP contribution >= 0.6 is 0 Å². The molecule has 24 heavy (non-hydrogen) atoms. The number of para-hydroxylation sites is 1. The fraction of sp³-hybridized carbons (Fsp3) is 0.0556. The van der Waals surface area contributed by atoms with E-state index in [1.54, 1.807) is 18.2 Å². The number of aromatic carboxylic acids is 1. The third kappa shape index (κ3) is 2.89. The molecule has 2 N–H and O–H groups in total. The predicted octanol–water partition coefficient (Wildman–Crippen LogP) is 2.85. The summed E-state index contributed by atoms with van der Waals surface area (Å²) in [4.78, 5) is 30.5. The number of carbonyl (C=O) groups is 1. The Hall–Kier alpha value is -3.41. The highest BCUT2D eigenvalue weighted by Crippen LogP contribution is 2.27. The lowest BCUT2D eigenvalue weighted by molar-refractivity contribution is 0.0697. The van der Waals surface area contributed by atoms with Crippen LogP contribution in [0, 0.1) is 0 Å². The van der Waals surface area contributed by atoms with Gasteiger partial charge in [-0.05, 0) is 30.3 Å². The number of carboxylic acid groups (broad SMARTS) is 1. The summed E-state index contributed by atoms with van der Waals surface area (Å²) in [5.41, 5.74) is 0.687. The molecule has 0 aliphatic heterocycles. The van der Waals surface area contributed by atoms with Gasteiger partial charge in [-0.15, -0.1) is 0 Å². The zero-order valence-electron chi connectivity index (χ0n) is 12.7. The minimum Gasteiger partial charge on any atom is -0.489 e. The smallest absolute Gasteiger partial charge is 0.335 e. The molecule has 0 aliphatic carbocycles. The number of aromatic amines is 1. The molecule has 0 amide bonds. The van der Waals surface area contributed by atoms with E-state index in [-0.39, 0.29) is 10.9 Å². The molecule has 0 saturated heterocycles. The van der Waals surface area contributed by atoms with Crippen LogP contribution in [0.25, 0.3) is 22.3 Å². The van der Waals surface area contributed by atoms with E-state index < -0.39 is 11.5 Å². The summed E-state index contributed by atoms with van der Waals surface area (Å²) in [5.74, 6) is -0.166. The maximum absolute atomic E-state index is 12.3. The molecule has 0 fully saturated rings. The molecule has 6 heteroatoms. The number of ether oxygens (including phenoxy) is 1. The van der Waals surface area contributed by atoms with Crippen LogP contribution in [0.3, 0.4) is 0 Å². The van der Waals surface area contributed by atoms with Crippen LogP contribution < -0.4 is 10.3 Å². The van der Waals surface area contributed by atoms with Crippen molar-refractivity contribution in [1.29, 1.82) is 0 Å². The first-order valence-electron chi connectivity index (χ1n) is 7.20. The van der Waals surface area contributed by atoms with Crippen LogP contribution in [0.2, 0.25) is 0 Å². The van der Waals surface area contributed by atoms with Gasteiger partial charge in [0.2, 0.25) is 0 Å². The number of benzene rings is 2. The molecule has 3 aromatic rings. The first-order valence-corrected chi connectivity index (χ1v) is 7.20. The van der Waals surface area contributed by atoms with Crippen molar-refractivity contribution >= 4 is 16.9 Å². The Kier molecular flexibility index (Phi) is 4.11. The molecule has 0 saturated carbocycles. The van der Waals surface area contributed by atoms with Crippen molar-refractivity contribution in [2.45, 2.75) is 0 Å². The number of fused-ring (bicyclic) bond motifs is 1. The van der Waals surface area contributed by atoms with Crippen molar-refractivity contribution in [2.75, 3.05) is 6.61 Å². The maximum atomic E-state index is 12.3. The van der Waals surface area contributed by atoms with Gasteiger partial charge in [-0.3, -0.25) is 4.79 Å². The second kappa shape index (κ2) is 6.37. The van der Waals surface area contributed by atoms with Gasteiger partial charge in [-0.1, -0.05) is 24.8 Å². The van der Waals surface area contributed by atoms with E-state index in [1.165, 1.54) is 18.2 Å². The lowest BCUT2D eigenvalue weighted by Crippen LogP contribution is -2.11.